The van der Waals surface area contributed by atoms with Gasteiger partial charge in [-0.3, -0.25) is 0 Å². The molecule has 160 valence electrons. The van der Waals surface area contributed by atoms with Crippen molar-refractivity contribution in [3.63, 3.8) is 0 Å². The number of aryl methyl sites for hydroxylation is 1. The van der Waals surface area contributed by atoms with Gasteiger partial charge in [0.1, 0.15) is 23.8 Å². The molecule has 3 aromatic heterocycles. The molecule has 0 spiro atoms. The molecular weight excluding hydrogens is 402 g/mol. The Morgan fingerprint density at radius 1 is 1.06 bits per heavy atom. The molecule has 5 rings (SSSR count). The lowest BCUT2D eigenvalue weighted by Crippen LogP contribution is -2.54. The molecule has 4 aromatic rings. The normalized spacial score (nSPS) is 19.3. The van der Waals surface area contributed by atoms with Crippen LogP contribution >= 0.6 is 0 Å². The van der Waals surface area contributed by atoms with Gasteiger partial charge in [0.15, 0.2) is 11.5 Å². The molecule has 1 aromatic carbocycles. The molecule has 0 unspecified atom stereocenters. The van der Waals surface area contributed by atoms with Gasteiger partial charge in [0, 0.05) is 36.9 Å². The van der Waals surface area contributed by atoms with E-state index in [1.165, 1.54) is 23.0 Å². The van der Waals surface area contributed by atoms with Crippen LogP contribution in [0.15, 0.2) is 30.7 Å². The van der Waals surface area contributed by atoms with E-state index in [0.29, 0.717) is 29.1 Å². The molecule has 10 heteroatoms. The van der Waals surface area contributed by atoms with Crippen LogP contribution in [0.5, 0.6) is 0 Å². The minimum absolute atomic E-state index is 0.130. The van der Waals surface area contributed by atoms with E-state index in [2.05, 4.69) is 49.4 Å². The van der Waals surface area contributed by atoms with E-state index >= 15 is 4.39 Å². The Kier molecular flexibility index (Phi) is 4.66. The number of rotatable bonds is 3. The predicted molar refractivity (Wildman–Crippen MR) is 115 cm³/mol. The van der Waals surface area contributed by atoms with Gasteiger partial charge in [0.05, 0.1) is 22.8 Å². The van der Waals surface area contributed by atoms with Gasteiger partial charge in [-0.2, -0.15) is 5.10 Å². The Labute approximate surface area is 177 Å². The molecule has 1 aliphatic rings. The van der Waals surface area contributed by atoms with Crippen LogP contribution in [0.25, 0.3) is 16.6 Å². The maximum absolute atomic E-state index is 15.2. The third-order valence-corrected chi connectivity index (χ3v) is 5.35. The average Bonchev–Trinajstić information content (AvgIpc) is 3.08. The SMILES string of the molecule is Cc1nc2c(F)cc(Nc3ncnc4cc(N5C[C@H](C)N[C@@H](C)C5)cc(F)c34)cn2n1. The summed E-state index contributed by atoms with van der Waals surface area (Å²) in [5.74, 6) is -0.258. The standard InChI is InChI=1S/C21H22F2N8/c1-11-7-30(8-12(2)26-11)15-5-16(22)19-18(6-15)24-10-25-20(19)28-14-4-17(23)21-27-13(3)29-31(21)9-14/h4-6,9-12,26H,7-8H2,1-3H3,(H,24,25,28)/t11-,12-/m0/s1. The highest BCUT2D eigenvalue weighted by atomic mass is 19.1. The van der Waals surface area contributed by atoms with Crippen molar-refractivity contribution in [2.75, 3.05) is 23.3 Å². The number of aromatic nitrogens is 5. The molecule has 0 aliphatic carbocycles. The Bertz CT molecular complexity index is 1280. The molecule has 0 saturated carbocycles. The molecule has 0 bridgehead atoms. The van der Waals surface area contributed by atoms with Gasteiger partial charge in [-0.25, -0.2) is 28.2 Å². The second-order valence-corrected chi connectivity index (χ2v) is 8.05. The number of hydrogen-bond donors (Lipinski definition) is 2. The molecule has 2 N–H and O–H groups in total. The Balaban J connectivity index is 1.53. The van der Waals surface area contributed by atoms with Crippen LogP contribution in [-0.2, 0) is 0 Å². The molecule has 8 nitrogen and oxygen atoms in total. The lowest BCUT2D eigenvalue weighted by molar-refractivity contribution is 0.407. The molecule has 1 saturated heterocycles. The minimum Gasteiger partial charge on any atom is -0.368 e. The molecule has 2 atom stereocenters. The van der Waals surface area contributed by atoms with Crippen molar-refractivity contribution in [1.82, 2.24) is 29.9 Å². The summed E-state index contributed by atoms with van der Waals surface area (Å²) < 4.78 is 31.0. The van der Waals surface area contributed by atoms with E-state index in [9.17, 15) is 4.39 Å². The highest BCUT2D eigenvalue weighted by molar-refractivity contribution is 5.93. The fourth-order valence-corrected chi connectivity index (χ4v) is 4.20. The van der Waals surface area contributed by atoms with Crippen LogP contribution in [0, 0.1) is 18.6 Å². The number of benzene rings is 1. The number of fused-ring (bicyclic) bond motifs is 2. The van der Waals surface area contributed by atoms with Gasteiger partial charge in [-0.1, -0.05) is 0 Å². The zero-order chi connectivity index (χ0) is 21.7. The van der Waals surface area contributed by atoms with Crippen molar-refractivity contribution in [3.05, 3.63) is 48.2 Å². The molecule has 1 fully saturated rings. The second kappa shape index (κ2) is 7.38. The molecule has 31 heavy (non-hydrogen) atoms. The van der Waals surface area contributed by atoms with Crippen LogP contribution in [0.4, 0.5) is 26.0 Å². The fraction of sp³-hybridized carbons (Fsp3) is 0.333. The lowest BCUT2D eigenvalue weighted by Gasteiger charge is -2.37. The first-order valence-corrected chi connectivity index (χ1v) is 10.1. The fourth-order valence-electron chi connectivity index (χ4n) is 4.20. The first-order chi connectivity index (χ1) is 14.9. The van der Waals surface area contributed by atoms with E-state index in [1.54, 1.807) is 13.1 Å². The van der Waals surface area contributed by atoms with E-state index in [1.807, 2.05) is 6.07 Å². The largest absolute Gasteiger partial charge is 0.368 e. The summed E-state index contributed by atoms with van der Waals surface area (Å²) in [5.41, 5.74) is 1.76. The Morgan fingerprint density at radius 3 is 2.61 bits per heavy atom. The van der Waals surface area contributed by atoms with Crippen LogP contribution in [0.1, 0.15) is 19.7 Å². The number of piperazine rings is 1. The summed E-state index contributed by atoms with van der Waals surface area (Å²) in [5, 5.41) is 10.9. The zero-order valence-electron chi connectivity index (χ0n) is 17.4. The van der Waals surface area contributed by atoms with Gasteiger partial charge >= 0.3 is 0 Å². The van der Waals surface area contributed by atoms with Gasteiger partial charge in [-0.05, 0) is 32.9 Å². The van der Waals surface area contributed by atoms with E-state index in [0.717, 1.165) is 18.8 Å². The van der Waals surface area contributed by atoms with Gasteiger partial charge in [0.25, 0.3) is 0 Å². The van der Waals surface area contributed by atoms with Crippen LogP contribution in [0.2, 0.25) is 0 Å². The molecule has 1 aliphatic heterocycles. The van der Waals surface area contributed by atoms with Crippen molar-refractivity contribution >= 4 is 33.7 Å². The summed E-state index contributed by atoms with van der Waals surface area (Å²) in [6, 6.07) is 5.26. The summed E-state index contributed by atoms with van der Waals surface area (Å²) in [6.07, 6.45) is 2.95. The highest BCUT2D eigenvalue weighted by Crippen LogP contribution is 2.31. The number of nitrogens with one attached hydrogen (secondary N) is 2. The lowest BCUT2D eigenvalue weighted by atomic mass is 10.1. The smallest absolute Gasteiger partial charge is 0.191 e. The number of anilines is 3. The van der Waals surface area contributed by atoms with Crippen LogP contribution < -0.4 is 15.5 Å². The van der Waals surface area contributed by atoms with Gasteiger partial charge in [-0.15, -0.1) is 0 Å². The first-order valence-electron chi connectivity index (χ1n) is 10.1. The van der Waals surface area contributed by atoms with Crippen molar-refractivity contribution in [3.8, 4) is 0 Å². The van der Waals surface area contributed by atoms with E-state index < -0.39 is 11.6 Å². The molecular formula is C21H22F2N8. The molecule has 0 amide bonds. The number of nitrogens with zero attached hydrogens (tertiary/aromatic N) is 6. The molecule has 4 heterocycles. The second-order valence-electron chi connectivity index (χ2n) is 8.05. The van der Waals surface area contributed by atoms with Crippen molar-refractivity contribution in [2.24, 2.45) is 0 Å². The third-order valence-electron chi connectivity index (χ3n) is 5.35. The number of halogens is 2. The summed E-state index contributed by atoms with van der Waals surface area (Å²) in [6.45, 7) is 7.46. The number of hydrogen-bond acceptors (Lipinski definition) is 7. The predicted octanol–water partition coefficient (Wildman–Crippen LogP) is 3.19. The van der Waals surface area contributed by atoms with Crippen molar-refractivity contribution < 1.29 is 8.78 Å². The Morgan fingerprint density at radius 2 is 1.84 bits per heavy atom. The Hall–Kier alpha value is -3.40. The summed E-state index contributed by atoms with van der Waals surface area (Å²) in [4.78, 5) is 14.7. The molecule has 0 radical (unpaired) electrons. The summed E-state index contributed by atoms with van der Waals surface area (Å²) in [7, 11) is 0. The van der Waals surface area contributed by atoms with Gasteiger partial charge in [0.2, 0.25) is 0 Å². The van der Waals surface area contributed by atoms with Crippen molar-refractivity contribution in [2.45, 2.75) is 32.9 Å². The van der Waals surface area contributed by atoms with Gasteiger partial charge < -0.3 is 15.5 Å². The van der Waals surface area contributed by atoms with E-state index in [-0.39, 0.29) is 16.9 Å². The van der Waals surface area contributed by atoms with Crippen LogP contribution in [-0.4, -0.2) is 49.7 Å². The van der Waals surface area contributed by atoms with Crippen molar-refractivity contribution in [1.29, 1.82) is 0 Å². The topological polar surface area (TPSA) is 83.3 Å². The average molecular weight is 424 g/mol. The van der Waals surface area contributed by atoms with E-state index in [4.69, 9.17) is 0 Å². The minimum atomic E-state index is -0.534. The highest BCUT2D eigenvalue weighted by Gasteiger charge is 2.23. The monoisotopic (exact) mass is 424 g/mol. The first kappa shape index (κ1) is 19.6. The zero-order valence-corrected chi connectivity index (χ0v) is 17.4. The quantitative estimate of drug-likeness (QED) is 0.523. The third kappa shape index (κ3) is 3.63. The summed E-state index contributed by atoms with van der Waals surface area (Å²) >= 11 is 0. The van der Waals surface area contributed by atoms with Crippen LogP contribution in [0.3, 0.4) is 0 Å². The maximum atomic E-state index is 15.2. The number of pyridine rings is 1. The maximum Gasteiger partial charge on any atom is 0.191 e.